The molecule has 0 saturated heterocycles. The summed E-state index contributed by atoms with van der Waals surface area (Å²) >= 11 is 6.16. The van der Waals surface area contributed by atoms with E-state index in [1.165, 1.54) is 0 Å². The Morgan fingerprint density at radius 3 is 2.00 bits per heavy atom. The molecule has 0 saturated carbocycles. The van der Waals surface area contributed by atoms with E-state index in [4.69, 9.17) is 4.52 Å². The summed E-state index contributed by atoms with van der Waals surface area (Å²) in [6.45, 7) is 0.217. The van der Waals surface area contributed by atoms with Gasteiger partial charge in [-0.15, -0.1) is 0 Å². The third-order valence-corrected chi connectivity index (χ3v) is 5.37. The quantitative estimate of drug-likeness (QED) is 0.210. The van der Waals surface area contributed by atoms with E-state index in [0.29, 0.717) is 10.7 Å². The molecule has 1 rings (SSSR count). The van der Waals surface area contributed by atoms with Crippen molar-refractivity contribution in [2.45, 2.75) is 12.3 Å². The van der Waals surface area contributed by atoms with E-state index in [0.717, 1.165) is 24.3 Å². The summed E-state index contributed by atoms with van der Waals surface area (Å²) in [6, 6.07) is 3.71. The van der Waals surface area contributed by atoms with Crippen molar-refractivity contribution in [1.29, 1.82) is 0 Å². The molecule has 0 fully saturated rings. The molecule has 1 unspecified atom stereocenters. The van der Waals surface area contributed by atoms with E-state index < -0.39 is 24.9 Å². The monoisotopic (exact) mass is 511 g/mol. The number of halogens is 5. The molecule has 0 aliphatic carbocycles. The van der Waals surface area contributed by atoms with Crippen LogP contribution in [0.25, 0.3) is 0 Å². The number of hydrogen-bond donors (Lipinski definition) is 2. The molecule has 2 N–H and O–H groups in total. The lowest BCUT2D eigenvalue weighted by atomic mass is 10.1. The Kier molecular flexibility index (Phi) is 8.99. The van der Waals surface area contributed by atoms with E-state index in [2.05, 4.69) is 42.0 Å². The minimum absolute atomic E-state index is 0.109. The molecule has 7 nitrogen and oxygen atoms in total. The topological polar surface area (TPSA) is 93.5 Å². The van der Waals surface area contributed by atoms with Gasteiger partial charge in [0.2, 0.25) is 0 Å². The first-order valence-corrected chi connectivity index (χ1v) is 10.7. The molecular weight excluding hydrogens is 498 g/mol. The van der Waals surface area contributed by atoms with Gasteiger partial charge in [-0.2, -0.15) is 13.2 Å². The van der Waals surface area contributed by atoms with Crippen molar-refractivity contribution >= 4 is 45.2 Å². The lowest BCUT2D eigenvalue weighted by Gasteiger charge is -2.27. The molecular formula is C12H15Br2F3N3O4P. The second-order valence-corrected chi connectivity index (χ2v) is 8.15. The molecule has 0 aliphatic rings. The fourth-order valence-corrected chi connectivity index (χ4v) is 4.36. The van der Waals surface area contributed by atoms with Gasteiger partial charge >= 0.3 is 13.8 Å². The van der Waals surface area contributed by atoms with E-state index in [9.17, 15) is 27.9 Å². The molecule has 142 valence electrons. The van der Waals surface area contributed by atoms with Crippen LogP contribution in [0.5, 0.6) is 0 Å². The van der Waals surface area contributed by atoms with Gasteiger partial charge in [0.1, 0.15) is 0 Å². The number of rotatable bonds is 10. The maximum atomic E-state index is 13.4. The molecule has 1 aromatic rings. The van der Waals surface area contributed by atoms with E-state index in [-0.39, 0.29) is 24.3 Å². The van der Waals surface area contributed by atoms with Gasteiger partial charge in [-0.05, 0) is 17.7 Å². The third kappa shape index (κ3) is 7.32. The smallest absolute Gasteiger partial charge is 0.288 e. The van der Waals surface area contributed by atoms with Crippen LogP contribution in [0.3, 0.4) is 0 Å². The summed E-state index contributed by atoms with van der Waals surface area (Å²) in [5.41, 5.74) is -0.748. The molecule has 13 heteroatoms. The highest BCUT2D eigenvalue weighted by molar-refractivity contribution is 9.09. The van der Waals surface area contributed by atoms with Gasteiger partial charge in [-0.1, -0.05) is 31.9 Å². The second kappa shape index (κ2) is 9.98. The molecule has 25 heavy (non-hydrogen) atoms. The Labute approximate surface area is 158 Å². The summed E-state index contributed by atoms with van der Waals surface area (Å²) in [7, 11) is -4.02. The normalized spacial score (nSPS) is 13.6. The Hall–Kier alpha value is -0.520. The van der Waals surface area contributed by atoms with Gasteiger partial charge in [0.15, 0.2) is 6.10 Å². The first-order valence-electron chi connectivity index (χ1n) is 6.84. The number of nitrogens with zero attached hydrogens (tertiary/aromatic N) is 1. The summed E-state index contributed by atoms with van der Waals surface area (Å²) in [5.74, 6) is 0. The molecule has 1 atom stereocenters. The third-order valence-electron chi connectivity index (χ3n) is 2.79. The van der Waals surface area contributed by atoms with Gasteiger partial charge < -0.3 is 0 Å². The van der Waals surface area contributed by atoms with Crippen LogP contribution in [0.15, 0.2) is 24.3 Å². The van der Waals surface area contributed by atoms with Crippen molar-refractivity contribution in [3.8, 4) is 0 Å². The largest absolute Gasteiger partial charge is 0.419 e. The molecule has 0 aliphatic heterocycles. The molecule has 0 radical (unpaired) electrons. The minimum atomic E-state index is -4.86. The maximum absolute atomic E-state index is 13.4. The summed E-state index contributed by atoms with van der Waals surface area (Å²) in [6.07, 6.45) is -7.37. The zero-order valence-electron chi connectivity index (χ0n) is 12.6. The summed E-state index contributed by atoms with van der Waals surface area (Å²) in [5, 5.41) is 16.2. The molecule has 1 aromatic carbocycles. The van der Waals surface area contributed by atoms with E-state index >= 15 is 0 Å². The van der Waals surface area contributed by atoms with Crippen LogP contribution in [-0.2, 0) is 9.09 Å². The number of nitro groups is 1. The Bertz CT molecular complexity index is 607. The fraction of sp³-hybridized carbons (Fsp3) is 0.500. The second-order valence-electron chi connectivity index (χ2n) is 4.62. The number of benzene rings is 1. The van der Waals surface area contributed by atoms with Gasteiger partial charge in [-0.25, -0.2) is 10.2 Å². The first-order chi connectivity index (χ1) is 11.6. The average molecular weight is 513 g/mol. The lowest BCUT2D eigenvalue weighted by Crippen LogP contribution is -2.32. The number of nitrogens with one attached hydrogen (secondary N) is 2. The standard InChI is InChI=1S/C12H15Br2F3N3O4P/c13-5-7-18-25(23,19-8-6-14)24-11(12(15,16)17)9-1-3-10(4-2-9)20(21)22/h1-4,11H,5-8H2,(H2,18,19,23). The van der Waals surface area contributed by atoms with Crippen molar-refractivity contribution in [3.05, 3.63) is 39.9 Å². The zero-order valence-corrected chi connectivity index (χ0v) is 16.7. The van der Waals surface area contributed by atoms with Gasteiger partial charge in [-0.3, -0.25) is 19.2 Å². The van der Waals surface area contributed by atoms with Crippen LogP contribution in [0.1, 0.15) is 11.7 Å². The average Bonchev–Trinajstić information content (AvgIpc) is 2.55. The number of alkyl halides is 5. The predicted octanol–water partition coefficient (Wildman–Crippen LogP) is 4.29. The van der Waals surface area contributed by atoms with Crippen molar-refractivity contribution < 1.29 is 27.2 Å². The van der Waals surface area contributed by atoms with Crippen molar-refractivity contribution in [3.63, 3.8) is 0 Å². The highest BCUT2D eigenvalue weighted by Crippen LogP contribution is 2.49. The number of hydrogen-bond acceptors (Lipinski definition) is 4. The number of non-ortho nitro benzene ring substituents is 1. The van der Waals surface area contributed by atoms with E-state index in [1.54, 1.807) is 0 Å². The van der Waals surface area contributed by atoms with Crippen LogP contribution in [0.4, 0.5) is 18.9 Å². The predicted molar refractivity (Wildman–Crippen MR) is 94.2 cm³/mol. The fourth-order valence-electron chi connectivity index (χ4n) is 1.74. The SMILES string of the molecule is O=[N+]([O-])c1ccc(C(OP(=O)(NCCBr)NCCBr)C(F)(F)F)cc1. The first kappa shape index (κ1) is 22.5. The highest BCUT2D eigenvalue weighted by Gasteiger charge is 2.46. The Balaban J connectivity index is 3.12. The molecule has 0 heterocycles. The molecule has 0 spiro atoms. The Morgan fingerprint density at radius 1 is 1.16 bits per heavy atom. The summed E-state index contributed by atoms with van der Waals surface area (Å²) in [4.78, 5) is 9.89. The minimum Gasteiger partial charge on any atom is -0.288 e. The Morgan fingerprint density at radius 2 is 1.64 bits per heavy atom. The van der Waals surface area contributed by atoms with Crippen LogP contribution < -0.4 is 10.2 Å². The van der Waals surface area contributed by atoms with Crippen molar-refractivity contribution in [2.24, 2.45) is 0 Å². The lowest BCUT2D eigenvalue weighted by molar-refractivity contribution is -0.384. The molecule has 0 bridgehead atoms. The maximum Gasteiger partial charge on any atom is 0.419 e. The van der Waals surface area contributed by atoms with E-state index in [1.807, 2.05) is 0 Å². The van der Waals surface area contributed by atoms with Crippen LogP contribution in [0, 0.1) is 10.1 Å². The van der Waals surface area contributed by atoms with Crippen LogP contribution in [-0.4, -0.2) is 34.8 Å². The summed E-state index contributed by atoms with van der Waals surface area (Å²) < 4.78 is 57.7. The van der Waals surface area contributed by atoms with Gasteiger partial charge in [0, 0.05) is 35.9 Å². The van der Waals surface area contributed by atoms with Gasteiger partial charge in [0.25, 0.3) is 5.69 Å². The highest BCUT2D eigenvalue weighted by atomic mass is 79.9. The van der Waals surface area contributed by atoms with Crippen LogP contribution in [0.2, 0.25) is 0 Å². The van der Waals surface area contributed by atoms with Crippen molar-refractivity contribution in [1.82, 2.24) is 10.2 Å². The van der Waals surface area contributed by atoms with Crippen LogP contribution >= 0.6 is 39.5 Å². The van der Waals surface area contributed by atoms with Gasteiger partial charge in [0.05, 0.1) is 4.92 Å². The van der Waals surface area contributed by atoms with Crippen molar-refractivity contribution in [2.75, 3.05) is 23.7 Å². The molecule has 0 aromatic heterocycles. The molecule has 0 amide bonds. The number of nitro benzene ring substituents is 1. The zero-order chi connectivity index (χ0) is 19.1.